The van der Waals surface area contributed by atoms with E-state index in [0.717, 1.165) is 18.5 Å². The lowest BCUT2D eigenvalue weighted by Gasteiger charge is -2.37. The van der Waals surface area contributed by atoms with Gasteiger partial charge in [-0.05, 0) is 44.8 Å². The zero-order chi connectivity index (χ0) is 11.4. The van der Waals surface area contributed by atoms with Crippen LogP contribution in [0, 0.1) is 5.92 Å². The summed E-state index contributed by atoms with van der Waals surface area (Å²) in [4.78, 5) is 5.33. The second kappa shape index (κ2) is 5.99. The van der Waals surface area contributed by atoms with Crippen molar-refractivity contribution in [2.75, 3.05) is 39.3 Å². The second-order valence-electron chi connectivity index (χ2n) is 5.43. The molecular formula is C13H27N3. The molecule has 94 valence electrons. The van der Waals surface area contributed by atoms with Gasteiger partial charge >= 0.3 is 0 Å². The highest BCUT2D eigenvalue weighted by Crippen LogP contribution is 2.21. The predicted molar refractivity (Wildman–Crippen MR) is 68.5 cm³/mol. The SMILES string of the molecule is CCC(CN)CCN1CCN2CCCC2C1. The number of hydrogen-bond acceptors (Lipinski definition) is 3. The maximum absolute atomic E-state index is 5.76. The molecule has 0 amide bonds. The van der Waals surface area contributed by atoms with Gasteiger partial charge in [0.25, 0.3) is 0 Å². The standard InChI is InChI=1S/C13H27N3/c1-2-12(10-14)5-7-15-8-9-16-6-3-4-13(16)11-15/h12-13H,2-11,14H2,1H3. The molecule has 0 bridgehead atoms. The van der Waals surface area contributed by atoms with E-state index in [9.17, 15) is 0 Å². The molecule has 3 heteroatoms. The van der Waals surface area contributed by atoms with Crippen LogP contribution in [0.3, 0.4) is 0 Å². The van der Waals surface area contributed by atoms with E-state index in [2.05, 4.69) is 16.7 Å². The van der Waals surface area contributed by atoms with E-state index in [1.807, 2.05) is 0 Å². The van der Waals surface area contributed by atoms with Crippen molar-refractivity contribution in [2.45, 2.75) is 38.6 Å². The molecule has 2 rings (SSSR count). The van der Waals surface area contributed by atoms with Gasteiger partial charge in [-0.3, -0.25) is 4.90 Å². The van der Waals surface area contributed by atoms with Gasteiger partial charge in [0, 0.05) is 25.7 Å². The van der Waals surface area contributed by atoms with Crippen LogP contribution in [-0.2, 0) is 0 Å². The van der Waals surface area contributed by atoms with Gasteiger partial charge in [0.1, 0.15) is 0 Å². The van der Waals surface area contributed by atoms with Crippen LogP contribution in [0.25, 0.3) is 0 Å². The third-order valence-electron chi connectivity index (χ3n) is 4.44. The van der Waals surface area contributed by atoms with E-state index < -0.39 is 0 Å². The lowest BCUT2D eigenvalue weighted by molar-refractivity contribution is 0.0997. The average molecular weight is 225 g/mol. The van der Waals surface area contributed by atoms with Gasteiger partial charge in [-0.1, -0.05) is 13.3 Å². The van der Waals surface area contributed by atoms with E-state index in [4.69, 9.17) is 5.73 Å². The Bertz CT molecular complexity index is 203. The van der Waals surface area contributed by atoms with Crippen molar-refractivity contribution < 1.29 is 0 Å². The third-order valence-corrected chi connectivity index (χ3v) is 4.44. The normalized spacial score (nSPS) is 29.2. The van der Waals surface area contributed by atoms with Crippen LogP contribution in [0.2, 0.25) is 0 Å². The first-order valence-electron chi connectivity index (χ1n) is 7.00. The molecular weight excluding hydrogens is 198 g/mol. The number of piperazine rings is 1. The van der Waals surface area contributed by atoms with E-state index in [-0.39, 0.29) is 0 Å². The Kier molecular flexibility index (Phi) is 4.62. The fraction of sp³-hybridized carbons (Fsp3) is 1.00. The Hall–Kier alpha value is -0.120. The fourth-order valence-electron chi connectivity index (χ4n) is 3.11. The molecule has 0 aliphatic carbocycles. The summed E-state index contributed by atoms with van der Waals surface area (Å²) in [7, 11) is 0. The van der Waals surface area contributed by atoms with Crippen molar-refractivity contribution in [2.24, 2.45) is 11.7 Å². The minimum Gasteiger partial charge on any atom is -0.330 e. The van der Waals surface area contributed by atoms with Crippen LogP contribution >= 0.6 is 0 Å². The van der Waals surface area contributed by atoms with E-state index in [1.165, 1.54) is 58.4 Å². The highest BCUT2D eigenvalue weighted by Gasteiger charge is 2.30. The number of nitrogens with two attached hydrogens (primary N) is 1. The summed E-state index contributed by atoms with van der Waals surface area (Å²) in [6.07, 6.45) is 5.36. The van der Waals surface area contributed by atoms with Gasteiger partial charge in [-0.2, -0.15) is 0 Å². The molecule has 0 spiro atoms. The first kappa shape index (κ1) is 12.3. The van der Waals surface area contributed by atoms with Gasteiger partial charge in [0.15, 0.2) is 0 Å². The minimum absolute atomic E-state index is 0.738. The maximum atomic E-state index is 5.76. The second-order valence-corrected chi connectivity index (χ2v) is 5.43. The molecule has 2 aliphatic rings. The molecule has 2 heterocycles. The van der Waals surface area contributed by atoms with Crippen LogP contribution in [0.5, 0.6) is 0 Å². The van der Waals surface area contributed by atoms with Crippen molar-refractivity contribution in [3.8, 4) is 0 Å². The number of nitrogens with zero attached hydrogens (tertiary/aromatic N) is 2. The Morgan fingerprint density at radius 1 is 1.31 bits per heavy atom. The molecule has 0 saturated carbocycles. The number of fused-ring (bicyclic) bond motifs is 1. The molecule has 0 radical (unpaired) electrons. The molecule has 0 aromatic heterocycles. The topological polar surface area (TPSA) is 32.5 Å². The summed E-state index contributed by atoms with van der Waals surface area (Å²) in [6.45, 7) is 9.61. The van der Waals surface area contributed by atoms with Crippen molar-refractivity contribution in [1.82, 2.24) is 9.80 Å². The van der Waals surface area contributed by atoms with Crippen LogP contribution < -0.4 is 5.73 Å². The van der Waals surface area contributed by atoms with E-state index in [0.29, 0.717) is 0 Å². The molecule has 0 aromatic rings. The van der Waals surface area contributed by atoms with Gasteiger partial charge in [-0.25, -0.2) is 0 Å². The van der Waals surface area contributed by atoms with Crippen molar-refractivity contribution in [3.05, 3.63) is 0 Å². The average Bonchev–Trinajstić information content (AvgIpc) is 2.77. The molecule has 3 nitrogen and oxygen atoms in total. The molecule has 2 N–H and O–H groups in total. The Morgan fingerprint density at radius 2 is 2.19 bits per heavy atom. The highest BCUT2D eigenvalue weighted by molar-refractivity contribution is 4.86. The van der Waals surface area contributed by atoms with Crippen LogP contribution in [0.4, 0.5) is 0 Å². The maximum Gasteiger partial charge on any atom is 0.0224 e. The molecule has 16 heavy (non-hydrogen) atoms. The highest BCUT2D eigenvalue weighted by atomic mass is 15.3. The Balaban J connectivity index is 1.70. The van der Waals surface area contributed by atoms with Crippen LogP contribution in [0.1, 0.15) is 32.6 Å². The van der Waals surface area contributed by atoms with E-state index in [1.54, 1.807) is 0 Å². The van der Waals surface area contributed by atoms with Crippen molar-refractivity contribution >= 4 is 0 Å². The summed E-state index contributed by atoms with van der Waals surface area (Å²) in [5.41, 5.74) is 5.76. The molecule has 2 saturated heterocycles. The first-order chi connectivity index (χ1) is 7.83. The monoisotopic (exact) mass is 225 g/mol. The predicted octanol–water partition coefficient (Wildman–Crippen LogP) is 1.14. The Labute approximate surface area is 100.0 Å². The molecule has 2 fully saturated rings. The van der Waals surface area contributed by atoms with Gasteiger partial charge < -0.3 is 10.6 Å². The van der Waals surface area contributed by atoms with Gasteiger partial charge in [0.2, 0.25) is 0 Å². The minimum atomic E-state index is 0.738. The summed E-state index contributed by atoms with van der Waals surface area (Å²) in [6, 6.07) is 0.867. The largest absolute Gasteiger partial charge is 0.330 e. The molecule has 0 aromatic carbocycles. The third kappa shape index (κ3) is 2.96. The molecule has 2 aliphatic heterocycles. The van der Waals surface area contributed by atoms with Gasteiger partial charge in [-0.15, -0.1) is 0 Å². The summed E-state index contributed by atoms with van der Waals surface area (Å²) in [5.74, 6) is 0.738. The van der Waals surface area contributed by atoms with Crippen molar-refractivity contribution in [3.63, 3.8) is 0 Å². The fourth-order valence-corrected chi connectivity index (χ4v) is 3.11. The summed E-state index contributed by atoms with van der Waals surface area (Å²) < 4.78 is 0. The van der Waals surface area contributed by atoms with Gasteiger partial charge in [0.05, 0.1) is 0 Å². The smallest absolute Gasteiger partial charge is 0.0224 e. The number of rotatable bonds is 5. The quantitative estimate of drug-likeness (QED) is 0.761. The molecule has 2 unspecified atom stereocenters. The lowest BCUT2D eigenvalue weighted by atomic mass is 10.0. The summed E-state index contributed by atoms with van der Waals surface area (Å²) in [5, 5.41) is 0. The first-order valence-corrected chi connectivity index (χ1v) is 7.00. The van der Waals surface area contributed by atoms with Crippen LogP contribution in [0.15, 0.2) is 0 Å². The summed E-state index contributed by atoms with van der Waals surface area (Å²) >= 11 is 0. The lowest BCUT2D eigenvalue weighted by Crippen LogP contribution is -2.50. The van der Waals surface area contributed by atoms with Crippen LogP contribution in [-0.4, -0.2) is 55.1 Å². The Morgan fingerprint density at radius 3 is 2.94 bits per heavy atom. The zero-order valence-corrected chi connectivity index (χ0v) is 10.7. The number of hydrogen-bond donors (Lipinski definition) is 1. The zero-order valence-electron chi connectivity index (χ0n) is 10.7. The van der Waals surface area contributed by atoms with E-state index >= 15 is 0 Å². The molecule has 2 atom stereocenters. The van der Waals surface area contributed by atoms with Crippen molar-refractivity contribution in [1.29, 1.82) is 0 Å².